The molecule has 1 unspecified atom stereocenters. The van der Waals surface area contributed by atoms with E-state index in [2.05, 4.69) is 6.07 Å². The predicted molar refractivity (Wildman–Crippen MR) is 67.1 cm³/mol. The maximum atomic E-state index is 9.83. The molecule has 0 aliphatic heterocycles. The highest BCUT2D eigenvalue weighted by atomic mass is 16.5. The van der Waals surface area contributed by atoms with E-state index in [1.807, 2.05) is 18.2 Å². The van der Waals surface area contributed by atoms with Gasteiger partial charge in [-0.1, -0.05) is 12.1 Å². The Kier molecular flexibility index (Phi) is 2.76. The number of hydrogen-bond donors (Lipinski definition) is 1. The summed E-state index contributed by atoms with van der Waals surface area (Å²) < 4.78 is 5.91. The highest BCUT2D eigenvalue weighted by Crippen LogP contribution is 2.49. The highest BCUT2D eigenvalue weighted by Gasteiger charge is 2.43. The van der Waals surface area contributed by atoms with Crippen molar-refractivity contribution in [3.63, 3.8) is 0 Å². The summed E-state index contributed by atoms with van der Waals surface area (Å²) in [5.74, 6) is 0.897. The molecule has 1 aromatic carbocycles. The van der Waals surface area contributed by atoms with Gasteiger partial charge in [0.05, 0.1) is 18.8 Å². The molecule has 1 saturated carbocycles. The number of nitrogens with zero attached hydrogens (tertiary/aromatic N) is 1. The van der Waals surface area contributed by atoms with Crippen LogP contribution < -0.4 is 4.74 Å². The lowest BCUT2D eigenvalue weighted by Gasteiger charge is -2.15. The third-order valence-electron chi connectivity index (χ3n) is 4.14. The molecule has 0 amide bonds. The molecule has 3 rings (SSSR count). The molecule has 1 aromatic rings. The van der Waals surface area contributed by atoms with Crippen LogP contribution in [0.4, 0.5) is 0 Å². The van der Waals surface area contributed by atoms with Gasteiger partial charge in [-0.05, 0) is 37.3 Å². The smallest absolute Gasteiger partial charge is 0.122 e. The molecule has 0 spiro atoms. The second-order valence-corrected chi connectivity index (χ2v) is 5.50. The number of rotatable bonds is 4. The fourth-order valence-corrected chi connectivity index (χ4v) is 2.68. The molecular formula is C15H17NO2. The van der Waals surface area contributed by atoms with Crippen molar-refractivity contribution >= 4 is 0 Å². The minimum atomic E-state index is -0.336. The average molecular weight is 243 g/mol. The van der Waals surface area contributed by atoms with Crippen LogP contribution in [0.1, 0.15) is 42.9 Å². The van der Waals surface area contributed by atoms with Crippen molar-refractivity contribution in [3.8, 4) is 11.8 Å². The number of hydrogen-bond acceptors (Lipinski definition) is 3. The Morgan fingerprint density at radius 3 is 3.00 bits per heavy atom. The van der Waals surface area contributed by atoms with Gasteiger partial charge >= 0.3 is 0 Å². The summed E-state index contributed by atoms with van der Waals surface area (Å²) >= 11 is 0. The van der Waals surface area contributed by atoms with Crippen molar-refractivity contribution in [2.45, 2.75) is 38.2 Å². The first-order valence-electron chi connectivity index (χ1n) is 6.54. The maximum absolute atomic E-state index is 9.83. The van der Waals surface area contributed by atoms with Crippen LogP contribution in [0.15, 0.2) is 18.2 Å². The molecule has 0 saturated heterocycles. The normalized spacial score (nSPS) is 23.2. The molecule has 0 heterocycles. The lowest BCUT2D eigenvalue weighted by Crippen LogP contribution is -2.13. The third-order valence-corrected chi connectivity index (χ3v) is 4.14. The standard InChI is InChI=1S/C15H17NO2/c16-9-8-15(6-7-15)10-18-14-3-1-2-11-12(14)4-5-13(11)17/h1-3,13,17H,4-8,10H2. The van der Waals surface area contributed by atoms with Crippen LogP contribution in [-0.4, -0.2) is 11.7 Å². The van der Waals surface area contributed by atoms with Gasteiger partial charge in [0.15, 0.2) is 0 Å². The summed E-state index contributed by atoms with van der Waals surface area (Å²) in [7, 11) is 0. The Bertz CT molecular complexity index is 500. The summed E-state index contributed by atoms with van der Waals surface area (Å²) in [6.45, 7) is 0.632. The third kappa shape index (κ3) is 1.97. The van der Waals surface area contributed by atoms with Gasteiger partial charge in [0.2, 0.25) is 0 Å². The first-order valence-corrected chi connectivity index (χ1v) is 6.54. The molecule has 18 heavy (non-hydrogen) atoms. The van der Waals surface area contributed by atoms with Crippen LogP contribution in [-0.2, 0) is 6.42 Å². The number of benzene rings is 1. The van der Waals surface area contributed by atoms with Crippen LogP contribution in [0.3, 0.4) is 0 Å². The van der Waals surface area contributed by atoms with Crippen molar-refractivity contribution in [2.24, 2.45) is 5.41 Å². The van der Waals surface area contributed by atoms with E-state index in [4.69, 9.17) is 10.00 Å². The van der Waals surface area contributed by atoms with E-state index in [-0.39, 0.29) is 11.5 Å². The quantitative estimate of drug-likeness (QED) is 0.884. The molecule has 94 valence electrons. The summed E-state index contributed by atoms with van der Waals surface area (Å²) in [5, 5.41) is 18.6. The van der Waals surface area contributed by atoms with Gasteiger partial charge in [0.1, 0.15) is 5.75 Å². The molecule has 2 aliphatic rings. The lowest BCUT2D eigenvalue weighted by atomic mass is 10.1. The Morgan fingerprint density at radius 2 is 2.28 bits per heavy atom. The minimum Gasteiger partial charge on any atom is -0.493 e. The molecule has 1 fully saturated rings. The zero-order chi connectivity index (χ0) is 12.6. The molecular weight excluding hydrogens is 226 g/mol. The molecule has 1 N–H and O–H groups in total. The van der Waals surface area contributed by atoms with Crippen molar-refractivity contribution in [2.75, 3.05) is 6.61 Å². The Morgan fingerprint density at radius 1 is 1.44 bits per heavy atom. The van der Waals surface area contributed by atoms with Gasteiger partial charge in [-0.3, -0.25) is 0 Å². The number of aliphatic hydroxyl groups is 1. The maximum Gasteiger partial charge on any atom is 0.122 e. The van der Waals surface area contributed by atoms with Crippen LogP contribution >= 0.6 is 0 Å². The Hall–Kier alpha value is -1.53. The van der Waals surface area contributed by atoms with Crippen molar-refractivity contribution in [3.05, 3.63) is 29.3 Å². The van der Waals surface area contributed by atoms with Gasteiger partial charge in [-0.15, -0.1) is 0 Å². The fourth-order valence-electron chi connectivity index (χ4n) is 2.68. The van der Waals surface area contributed by atoms with Gasteiger partial charge in [0.25, 0.3) is 0 Å². The largest absolute Gasteiger partial charge is 0.493 e. The molecule has 2 aliphatic carbocycles. The predicted octanol–water partition coefficient (Wildman–Crippen LogP) is 2.74. The monoisotopic (exact) mass is 243 g/mol. The number of fused-ring (bicyclic) bond motifs is 1. The van der Waals surface area contributed by atoms with Crippen LogP contribution in [0.2, 0.25) is 0 Å². The molecule has 0 bridgehead atoms. The van der Waals surface area contributed by atoms with Gasteiger partial charge in [0, 0.05) is 17.4 Å². The summed E-state index contributed by atoms with van der Waals surface area (Å²) in [4.78, 5) is 0. The summed E-state index contributed by atoms with van der Waals surface area (Å²) in [6.07, 6.45) is 4.12. The zero-order valence-electron chi connectivity index (χ0n) is 10.4. The number of nitriles is 1. The van der Waals surface area contributed by atoms with E-state index in [1.165, 1.54) is 0 Å². The average Bonchev–Trinajstić information content (AvgIpc) is 3.04. The first kappa shape index (κ1) is 11.6. The highest BCUT2D eigenvalue weighted by molar-refractivity contribution is 5.44. The fraction of sp³-hybridized carbons (Fsp3) is 0.533. The number of ether oxygens (including phenoxy) is 1. The van der Waals surface area contributed by atoms with Crippen LogP contribution in [0.5, 0.6) is 5.75 Å². The molecule has 0 radical (unpaired) electrons. The van der Waals surface area contributed by atoms with Gasteiger partial charge < -0.3 is 9.84 Å². The lowest BCUT2D eigenvalue weighted by molar-refractivity contribution is 0.180. The zero-order valence-corrected chi connectivity index (χ0v) is 10.4. The van der Waals surface area contributed by atoms with E-state index >= 15 is 0 Å². The van der Waals surface area contributed by atoms with E-state index in [0.717, 1.165) is 42.6 Å². The van der Waals surface area contributed by atoms with E-state index in [1.54, 1.807) is 0 Å². The SMILES string of the molecule is N#CCC1(COc2cccc3c2CCC3O)CC1. The van der Waals surface area contributed by atoms with Crippen molar-refractivity contribution in [1.29, 1.82) is 5.26 Å². The van der Waals surface area contributed by atoms with Crippen LogP contribution in [0, 0.1) is 16.7 Å². The molecule has 3 nitrogen and oxygen atoms in total. The van der Waals surface area contributed by atoms with E-state index < -0.39 is 0 Å². The first-order chi connectivity index (χ1) is 8.74. The minimum absolute atomic E-state index is 0.106. The van der Waals surface area contributed by atoms with Crippen molar-refractivity contribution < 1.29 is 9.84 Å². The van der Waals surface area contributed by atoms with Crippen molar-refractivity contribution in [1.82, 2.24) is 0 Å². The Balaban J connectivity index is 1.73. The molecule has 0 aromatic heterocycles. The number of aliphatic hydroxyl groups excluding tert-OH is 1. The molecule has 3 heteroatoms. The summed E-state index contributed by atoms with van der Waals surface area (Å²) in [5.41, 5.74) is 2.27. The topological polar surface area (TPSA) is 53.2 Å². The van der Waals surface area contributed by atoms with Crippen LogP contribution in [0.25, 0.3) is 0 Å². The van der Waals surface area contributed by atoms with E-state index in [9.17, 15) is 5.11 Å². The summed E-state index contributed by atoms with van der Waals surface area (Å²) in [6, 6.07) is 8.13. The second kappa shape index (κ2) is 4.29. The second-order valence-electron chi connectivity index (χ2n) is 5.50. The molecule has 1 atom stereocenters. The van der Waals surface area contributed by atoms with E-state index in [0.29, 0.717) is 13.0 Å². The van der Waals surface area contributed by atoms with Gasteiger partial charge in [-0.25, -0.2) is 0 Å². The van der Waals surface area contributed by atoms with Gasteiger partial charge in [-0.2, -0.15) is 5.26 Å². The Labute approximate surface area is 107 Å².